The number of rotatable bonds is 3. The predicted molar refractivity (Wildman–Crippen MR) is 109 cm³/mol. The summed E-state index contributed by atoms with van der Waals surface area (Å²) in [4.78, 5) is 0. The summed E-state index contributed by atoms with van der Waals surface area (Å²) in [6.45, 7) is 0.761. The molecule has 0 amide bonds. The number of hydrazone groups is 1. The van der Waals surface area contributed by atoms with Crippen molar-refractivity contribution in [3.8, 4) is 0 Å². The van der Waals surface area contributed by atoms with Crippen LogP contribution in [0.3, 0.4) is 0 Å². The normalized spacial score (nSPS) is 13.7. The molecule has 0 bridgehead atoms. The van der Waals surface area contributed by atoms with Crippen LogP contribution < -0.4 is 16.5 Å². The highest BCUT2D eigenvalue weighted by atomic mass is 79.9. The van der Waals surface area contributed by atoms with Gasteiger partial charge in [0.05, 0.1) is 11.2 Å². The largest absolute Gasteiger partial charge is 0.333 e. The van der Waals surface area contributed by atoms with E-state index in [4.69, 9.17) is 0 Å². The molecule has 0 aliphatic carbocycles. The summed E-state index contributed by atoms with van der Waals surface area (Å²) in [7, 11) is 0. The maximum atomic E-state index is 4.30. The minimum atomic E-state index is 0.761. The van der Waals surface area contributed by atoms with Crippen LogP contribution in [0.5, 0.6) is 0 Å². The fourth-order valence-corrected chi connectivity index (χ4v) is 3.86. The average Bonchev–Trinajstić information content (AvgIpc) is 3.30. The molecular formula is C20H16BrN5. The quantitative estimate of drug-likeness (QED) is 0.484. The Bertz CT molecular complexity index is 1160. The van der Waals surface area contributed by atoms with Crippen LogP contribution in [0, 0.1) is 0 Å². The number of hydrogen-bond donors (Lipinski definition) is 3. The summed E-state index contributed by atoms with van der Waals surface area (Å²) in [6.07, 6.45) is 0. The molecule has 4 aromatic rings. The van der Waals surface area contributed by atoms with Crippen LogP contribution in [0.2, 0.25) is 0 Å². The Hall–Kier alpha value is -2.83. The molecule has 2 heterocycles. The van der Waals surface area contributed by atoms with Crippen molar-refractivity contribution in [2.75, 3.05) is 0 Å². The van der Waals surface area contributed by atoms with E-state index in [2.05, 4.69) is 109 Å². The van der Waals surface area contributed by atoms with Crippen LogP contribution in [-0.4, -0.2) is 10.4 Å². The van der Waals surface area contributed by atoms with Crippen molar-refractivity contribution < 1.29 is 0 Å². The first-order valence-electron chi connectivity index (χ1n) is 8.39. The van der Waals surface area contributed by atoms with Gasteiger partial charge in [-0.1, -0.05) is 64.5 Å². The zero-order chi connectivity index (χ0) is 17.5. The molecule has 128 valence electrons. The number of halogens is 1. The predicted octanol–water partition coefficient (Wildman–Crippen LogP) is 3.88. The van der Waals surface area contributed by atoms with E-state index in [-0.39, 0.29) is 0 Å². The Labute approximate surface area is 158 Å². The summed E-state index contributed by atoms with van der Waals surface area (Å²) in [5.41, 5.74) is 12.1. The van der Waals surface area contributed by atoms with Crippen molar-refractivity contribution in [1.82, 2.24) is 21.1 Å². The lowest BCUT2D eigenvalue weighted by molar-refractivity contribution is 0.577. The second-order valence-electron chi connectivity index (χ2n) is 6.28. The van der Waals surface area contributed by atoms with E-state index in [0.717, 1.165) is 22.5 Å². The number of amidine groups is 1. The van der Waals surface area contributed by atoms with Gasteiger partial charge in [-0.15, -0.1) is 10.6 Å². The van der Waals surface area contributed by atoms with Gasteiger partial charge in [-0.2, -0.15) is 0 Å². The maximum Gasteiger partial charge on any atom is 0.187 e. The Morgan fingerprint density at radius 1 is 0.923 bits per heavy atom. The minimum absolute atomic E-state index is 0.761. The molecule has 5 rings (SSSR count). The van der Waals surface area contributed by atoms with Gasteiger partial charge in [0, 0.05) is 16.4 Å². The molecule has 26 heavy (non-hydrogen) atoms. The molecule has 0 saturated carbocycles. The van der Waals surface area contributed by atoms with E-state index in [1.807, 2.05) is 0 Å². The maximum absolute atomic E-state index is 4.30. The highest BCUT2D eigenvalue weighted by Crippen LogP contribution is 2.27. The van der Waals surface area contributed by atoms with Crippen molar-refractivity contribution in [1.29, 1.82) is 0 Å². The van der Waals surface area contributed by atoms with Crippen molar-refractivity contribution in [2.45, 2.75) is 6.54 Å². The molecule has 0 unspecified atom stereocenters. The van der Waals surface area contributed by atoms with Gasteiger partial charge < -0.3 is 4.57 Å². The molecule has 0 fully saturated rings. The van der Waals surface area contributed by atoms with Crippen LogP contribution in [0.15, 0.2) is 76.3 Å². The van der Waals surface area contributed by atoms with Gasteiger partial charge in [0.25, 0.3) is 0 Å². The number of benzene rings is 3. The molecule has 0 spiro atoms. The van der Waals surface area contributed by atoms with Gasteiger partial charge in [0.15, 0.2) is 5.84 Å². The van der Waals surface area contributed by atoms with Crippen LogP contribution in [0.1, 0.15) is 11.3 Å². The second kappa shape index (κ2) is 6.16. The number of hydrogen-bond acceptors (Lipinski definition) is 4. The minimum Gasteiger partial charge on any atom is -0.333 e. The van der Waals surface area contributed by atoms with Gasteiger partial charge in [-0.3, -0.25) is 5.43 Å². The van der Waals surface area contributed by atoms with Crippen molar-refractivity contribution in [2.24, 2.45) is 5.10 Å². The summed E-state index contributed by atoms with van der Waals surface area (Å²) in [5, 5.41) is 8.01. The fourth-order valence-electron chi connectivity index (χ4n) is 3.52. The van der Waals surface area contributed by atoms with E-state index in [1.165, 1.54) is 27.2 Å². The molecule has 0 atom stereocenters. The van der Waals surface area contributed by atoms with Crippen molar-refractivity contribution >= 4 is 43.4 Å². The first-order valence-corrected chi connectivity index (χ1v) is 9.18. The molecule has 1 aliphatic heterocycles. The van der Waals surface area contributed by atoms with Gasteiger partial charge in [0.2, 0.25) is 0 Å². The summed E-state index contributed by atoms with van der Waals surface area (Å²) < 4.78 is 3.36. The molecule has 1 aromatic heterocycles. The first-order chi connectivity index (χ1) is 12.8. The molecular weight excluding hydrogens is 390 g/mol. The van der Waals surface area contributed by atoms with Crippen molar-refractivity contribution in [3.05, 3.63) is 82.5 Å². The van der Waals surface area contributed by atoms with Crippen LogP contribution in [0.4, 0.5) is 0 Å². The molecule has 0 radical (unpaired) electrons. The molecule has 0 saturated heterocycles. The van der Waals surface area contributed by atoms with Gasteiger partial charge in [-0.25, -0.2) is 5.53 Å². The van der Waals surface area contributed by atoms with Crippen molar-refractivity contribution in [3.63, 3.8) is 0 Å². The molecule has 6 heteroatoms. The number of nitrogens with one attached hydrogen (secondary N) is 3. The lowest BCUT2D eigenvalue weighted by Gasteiger charge is -2.13. The van der Waals surface area contributed by atoms with Crippen LogP contribution in [0.25, 0.3) is 21.7 Å². The zero-order valence-electron chi connectivity index (χ0n) is 13.8. The lowest BCUT2D eigenvalue weighted by atomic mass is 10.0. The third-order valence-corrected chi connectivity index (χ3v) is 5.22. The van der Waals surface area contributed by atoms with Crippen LogP contribution in [-0.2, 0) is 6.54 Å². The third-order valence-electron chi connectivity index (χ3n) is 4.72. The summed E-state index contributed by atoms with van der Waals surface area (Å²) in [5.74, 6) is 0.776. The lowest BCUT2D eigenvalue weighted by Crippen LogP contribution is -2.36. The SMILES string of the molecule is Brc1ccc2cc(C3=NNNN3)n(Cc3cccc4ccccc34)c2c1. The highest BCUT2D eigenvalue weighted by molar-refractivity contribution is 9.10. The van der Waals surface area contributed by atoms with E-state index in [1.54, 1.807) is 0 Å². The fraction of sp³-hybridized carbons (Fsp3) is 0.0500. The van der Waals surface area contributed by atoms with Crippen LogP contribution >= 0.6 is 15.9 Å². The standard InChI is InChI=1S/C20H16BrN5/c21-16-9-8-14-10-19(20-22-24-25-23-20)26(18(14)11-16)12-15-6-3-5-13-4-1-2-7-17(13)15/h1-11,24-25H,12H2,(H,22,23). The van der Waals surface area contributed by atoms with Gasteiger partial charge >= 0.3 is 0 Å². The summed E-state index contributed by atoms with van der Waals surface area (Å²) in [6, 6.07) is 23.5. The number of nitrogens with zero attached hydrogens (tertiary/aromatic N) is 2. The Morgan fingerprint density at radius 3 is 2.69 bits per heavy atom. The summed E-state index contributed by atoms with van der Waals surface area (Å²) >= 11 is 3.60. The third kappa shape index (κ3) is 2.55. The van der Waals surface area contributed by atoms with E-state index in [9.17, 15) is 0 Å². The highest BCUT2D eigenvalue weighted by Gasteiger charge is 2.17. The number of fused-ring (bicyclic) bond motifs is 2. The number of aromatic nitrogens is 1. The Balaban J connectivity index is 1.72. The smallest absolute Gasteiger partial charge is 0.187 e. The van der Waals surface area contributed by atoms with E-state index < -0.39 is 0 Å². The molecule has 3 N–H and O–H groups in total. The Morgan fingerprint density at radius 2 is 1.81 bits per heavy atom. The molecule has 3 aromatic carbocycles. The number of hydrazine groups is 2. The Kier molecular flexibility index (Phi) is 3.65. The van der Waals surface area contributed by atoms with E-state index in [0.29, 0.717) is 0 Å². The topological polar surface area (TPSA) is 53.4 Å². The first kappa shape index (κ1) is 15.4. The zero-order valence-corrected chi connectivity index (χ0v) is 15.4. The molecule has 1 aliphatic rings. The second-order valence-corrected chi connectivity index (χ2v) is 7.20. The monoisotopic (exact) mass is 405 g/mol. The van der Waals surface area contributed by atoms with Gasteiger partial charge in [-0.05, 0) is 34.5 Å². The average molecular weight is 406 g/mol. The van der Waals surface area contributed by atoms with E-state index >= 15 is 0 Å². The van der Waals surface area contributed by atoms with Gasteiger partial charge in [0.1, 0.15) is 0 Å². The molecule has 5 nitrogen and oxygen atoms in total.